The van der Waals surface area contributed by atoms with E-state index in [1.54, 1.807) is 18.2 Å². The van der Waals surface area contributed by atoms with Crippen molar-refractivity contribution in [1.82, 2.24) is 19.2 Å². The molecule has 0 radical (unpaired) electrons. The number of aryl methyl sites for hydroxylation is 1. The van der Waals surface area contributed by atoms with Crippen LogP contribution in [0.25, 0.3) is 0 Å². The number of hydrogen-bond donors (Lipinski definition) is 0. The first kappa shape index (κ1) is 17.2. The zero-order valence-corrected chi connectivity index (χ0v) is 14.9. The minimum atomic E-state index is -0.357. The Kier molecular flexibility index (Phi) is 4.35. The first-order valence-electron chi connectivity index (χ1n) is 8.79. The number of aromatic nitrogens is 3. The molecule has 1 aliphatic heterocycles. The van der Waals surface area contributed by atoms with E-state index in [4.69, 9.17) is 0 Å². The Morgan fingerprint density at radius 3 is 2.63 bits per heavy atom. The van der Waals surface area contributed by atoms with E-state index < -0.39 is 0 Å². The van der Waals surface area contributed by atoms with Crippen LogP contribution < -0.4 is 5.69 Å². The first-order chi connectivity index (χ1) is 13.0. The monoisotopic (exact) mass is 366 g/mol. The van der Waals surface area contributed by atoms with Crippen molar-refractivity contribution < 1.29 is 9.18 Å². The predicted molar refractivity (Wildman–Crippen MR) is 97.9 cm³/mol. The van der Waals surface area contributed by atoms with Crippen molar-refractivity contribution in [2.75, 3.05) is 6.54 Å². The molecule has 7 heteroatoms. The van der Waals surface area contributed by atoms with Gasteiger partial charge in [-0.2, -0.15) is 0 Å². The molecule has 27 heavy (non-hydrogen) atoms. The summed E-state index contributed by atoms with van der Waals surface area (Å²) in [5.41, 5.74) is 2.19. The second-order valence-electron chi connectivity index (χ2n) is 6.72. The van der Waals surface area contributed by atoms with Crippen molar-refractivity contribution in [3.05, 3.63) is 87.3 Å². The number of benzene rings is 2. The lowest BCUT2D eigenvalue weighted by Gasteiger charge is -2.26. The van der Waals surface area contributed by atoms with Crippen LogP contribution in [0.5, 0.6) is 0 Å². The van der Waals surface area contributed by atoms with E-state index in [-0.39, 0.29) is 29.8 Å². The quantitative estimate of drug-likeness (QED) is 0.711. The van der Waals surface area contributed by atoms with Crippen molar-refractivity contribution in [2.45, 2.75) is 26.6 Å². The molecule has 0 saturated carbocycles. The lowest BCUT2D eigenvalue weighted by Crippen LogP contribution is -2.42. The second-order valence-corrected chi connectivity index (χ2v) is 6.72. The third-order valence-electron chi connectivity index (χ3n) is 4.73. The van der Waals surface area contributed by atoms with Crippen molar-refractivity contribution in [3.63, 3.8) is 0 Å². The van der Waals surface area contributed by atoms with Gasteiger partial charge in [-0.05, 0) is 18.6 Å². The van der Waals surface area contributed by atoms with E-state index in [0.717, 1.165) is 11.1 Å². The van der Waals surface area contributed by atoms with Gasteiger partial charge in [-0.15, -0.1) is 5.10 Å². The summed E-state index contributed by atoms with van der Waals surface area (Å²) in [7, 11) is 0. The third kappa shape index (κ3) is 3.28. The smallest absolute Gasteiger partial charge is 0.330 e. The van der Waals surface area contributed by atoms with E-state index >= 15 is 0 Å². The molecule has 4 rings (SSSR count). The highest BCUT2D eigenvalue weighted by molar-refractivity contribution is 5.91. The van der Waals surface area contributed by atoms with Crippen LogP contribution in [0.3, 0.4) is 0 Å². The summed E-state index contributed by atoms with van der Waals surface area (Å²) in [5, 5.41) is 4.25. The minimum absolute atomic E-state index is 0.107. The fraction of sp³-hybridized carbons (Fsp3) is 0.250. The predicted octanol–water partition coefficient (Wildman–Crippen LogP) is 2.20. The molecule has 0 N–H and O–H groups in total. The van der Waals surface area contributed by atoms with Gasteiger partial charge in [0.1, 0.15) is 5.82 Å². The van der Waals surface area contributed by atoms with Crippen LogP contribution in [0.15, 0.2) is 53.3 Å². The van der Waals surface area contributed by atoms with Crippen molar-refractivity contribution in [2.24, 2.45) is 0 Å². The summed E-state index contributed by atoms with van der Waals surface area (Å²) < 4.78 is 16.6. The number of halogens is 1. The third-order valence-corrected chi connectivity index (χ3v) is 4.73. The normalized spacial score (nSPS) is 13.7. The molecule has 1 aromatic heterocycles. The highest BCUT2D eigenvalue weighted by Crippen LogP contribution is 2.15. The molecule has 138 valence electrons. The summed E-state index contributed by atoms with van der Waals surface area (Å²) in [6.07, 6.45) is 0. The Hall–Kier alpha value is -3.22. The molecule has 0 bridgehead atoms. The zero-order chi connectivity index (χ0) is 19.0. The number of nitrogens with zero attached hydrogens (tertiary/aromatic N) is 4. The van der Waals surface area contributed by atoms with Gasteiger partial charge >= 0.3 is 5.69 Å². The van der Waals surface area contributed by atoms with Gasteiger partial charge in [-0.1, -0.05) is 48.0 Å². The molecule has 2 heterocycles. The molecular weight excluding hydrogens is 347 g/mol. The second kappa shape index (κ2) is 6.83. The Morgan fingerprint density at radius 1 is 1.04 bits per heavy atom. The fourth-order valence-corrected chi connectivity index (χ4v) is 3.33. The van der Waals surface area contributed by atoms with Crippen LogP contribution >= 0.6 is 0 Å². The van der Waals surface area contributed by atoms with Crippen LogP contribution in [0.2, 0.25) is 0 Å². The lowest BCUT2D eigenvalue weighted by atomic mass is 10.1. The summed E-state index contributed by atoms with van der Waals surface area (Å²) in [6.45, 7) is 3.14. The Morgan fingerprint density at radius 2 is 1.85 bits per heavy atom. The molecule has 0 aliphatic carbocycles. The van der Waals surface area contributed by atoms with Gasteiger partial charge in [0.15, 0.2) is 0 Å². The number of amides is 1. The molecule has 0 atom stereocenters. The van der Waals surface area contributed by atoms with Crippen molar-refractivity contribution >= 4 is 5.91 Å². The van der Waals surface area contributed by atoms with E-state index in [2.05, 4.69) is 5.10 Å². The van der Waals surface area contributed by atoms with E-state index in [9.17, 15) is 14.0 Å². The van der Waals surface area contributed by atoms with Crippen LogP contribution in [-0.2, 0) is 19.6 Å². The van der Waals surface area contributed by atoms with Crippen molar-refractivity contribution in [1.29, 1.82) is 0 Å². The molecule has 6 nitrogen and oxygen atoms in total. The average Bonchev–Trinajstić information content (AvgIpc) is 2.96. The molecular formula is C20H19FN4O2. The van der Waals surface area contributed by atoms with E-state index in [1.807, 2.05) is 31.2 Å². The largest absolute Gasteiger partial charge is 0.346 e. The molecule has 0 saturated heterocycles. The fourth-order valence-electron chi connectivity index (χ4n) is 3.33. The zero-order valence-electron chi connectivity index (χ0n) is 14.9. The number of rotatable bonds is 4. The number of hydrogen-bond acceptors (Lipinski definition) is 3. The van der Waals surface area contributed by atoms with Crippen LogP contribution in [0.4, 0.5) is 4.39 Å². The van der Waals surface area contributed by atoms with E-state index in [0.29, 0.717) is 25.2 Å². The molecule has 1 amide bonds. The Labute approximate surface area is 155 Å². The summed E-state index contributed by atoms with van der Waals surface area (Å²) in [6, 6.07) is 14.2. The van der Waals surface area contributed by atoms with Gasteiger partial charge in [0, 0.05) is 25.2 Å². The summed E-state index contributed by atoms with van der Waals surface area (Å²) >= 11 is 0. The summed E-state index contributed by atoms with van der Waals surface area (Å²) in [4.78, 5) is 26.9. The molecule has 0 unspecified atom stereocenters. The van der Waals surface area contributed by atoms with Gasteiger partial charge in [0.2, 0.25) is 5.82 Å². The number of fused-ring (bicyclic) bond motifs is 1. The van der Waals surface area contributed by atoms with Gasteiger partial charge < -0.3 is 4.90 Å². The lowest BCUT2D eigenvalue weighted by molar-refractivity contribution is 0.0679. The highest BCUT2D eigenvalue weighted by atomic mass is 19.1. The molecule has 2 aromatic carbocycles. The maximum atomic E-state index is 13.9. The number of carbonyl (C=O) groups is 1. The van der Waals surface area contributed by atoms with Crippen molar-refractivity contribution in [3.8, 4) is 0 Å². The standard InChI is InChI=1S/C20H19FN4O2/c1-14-5-4-6-15(11-14)12-25-20(27)24-10-9-23(19(26)18(24)22-25)13-16-7-2-3-8-17(16)21/h2-8,11H,9-10,12-13H2,1H3. The minimum Gasteiger partial charge on any atom is -0.330 e. The van der Waals surface area contributed by atoms with Gasteiger partial charge in [-0.3, -0.25) is 9.36 Å². The topological polar surface area (TPSA) is 60.1 Å². The molecule has 0 fully saturated rings. The Balaban J connectivity index is 1.60. The van der Waals surface area contributed by atoms with Gasteiger partial charge in [0.25, 0.3) is 5.91 Å². The van der Waals surface area contributed by atoms with Gasteiger partial charge in [-0.25, -0.2) is 13.9 Å². The van der Waals surface area contributed by atoms with Gasteiger partial charge in [0.05, 0.1) is 6.54 Å². The average molecular weight is 366 g/mol. The van der Waals surface area contributed by atoms with Crippen LogP contribution in [-0.4, -0.2) is 31.7 Å². The Bertz CT molecular complexity index is 1070. The van der Waals surface area contributed by atoms with E-state index in [1.165, 1.54) is 20.2 Å². The number of carbonyl (C=O) groups excluding carboxylic acids is 1. The molecule has 0 spiro atoms. The van der Waals surface area contributed by atoms with Crippen LogP contribution in [0.1, 0.15) is 27.3 Å². The van der Waals surface area contributed by atoms with Crippen LogP contribution in [0, 0.1) is 12.7 Å². The summed E-state index contributed by atoms with van der Waals surface area (Å²) in [5.74, 6) is -0.599. The maximum Gasteiger partial charge on any atom is 0.346 e. The maximum absolute atomic E-state index is 13.9. The molecule has 1 aliphatic rings. The molecule has 3 aromatic rings. The highest BCUT2D eigenvalue weighted by Gasteiger charge is 2.30. The SMILES string of the molecule is Cc1cccc(Cn2nc3n(c2=O)CCN(Cc2ccccc2F)C3=O)c1. The first-order valence-corrected chi connectivity index (χ1v) is 8.79.